The number of nitriles is 1. The van der Waals surface area contributed by atoms with E-state index in [1.54, 1.807) is 36.4 Å². The number of nitrogens with one attached hydrogen (secondary N) is 1. The number of amides is 1. The number of carbonyl (C=O) groups excluding carboxylic acids is 1. The summed E-state index contributed by atoms with van der Waals surface area (Å²) >= 11 is 18.4. The number of rotatable bonds is 7. The van der Waals surface area contributed by atoms with Crippen molar-refractivity contribution in [1.29, 1.82) is 5.26 Å². The summed E-state index contributed by atoms with van der Waals surface area (Å²) in [6.45, 7) is -0.738. The van der Waals surface area contributed by atoms with E-state index in [1.807, 2.05) is 6.07 Å². The molecular formula is C22H16Cl3N3O3S. The zero-order valence-electron chi connectivity index (χ0n) is 16.4. The fourth-order valence-electron chi connectivity index (χ4n) is 2.87. The zero-order chi connectivity index (χ0) is 23.3. The van der Waals surface area contributed by atoms with Crippen LogP contribution in [0.2, 0.25) is 15.1 Å². The van der Waals surface area contributed by atoms with Gasteiger partial charge in [0.25, 0.3) is 0 Å². The van der Waals surface area contributed by atoms with Crippen molar-refractivity contribution in [2.75, 3.05) is 11.9 Å². The second-order valence-corrected chi connectivity index (χ2v) is 9.86. The quantitative estimate of drug-likeness (QED) is 0.466. The third-order valence-electron chi connectivity index (χ3n) is 4.44. The molecule has 0 saturated carbocycles. The Morgan fingerprint density at radius 1 is 0.969 bits per heavy atom. The second-order valence-electron chi connectivity index (χ2n) is 6.67. The van der Waals surface area contributed by atoms with Crippen LogP contribution in [-0.2, 0) is 21.4 Å². The van der Waals surface area contributed by atoms with E-state index in [-0.39, 0.29) is 21.5 Å². The number of sulfonamides is 1. The minimum Gasteiger partial charge on any atom is -0.325 e. The van der Waals surface area contributed by atoms with E-state index in [0.29, 0.717) is 21.8 Å². The van der Waals surface area contributed by atoms with Gasteiger partial charge in [-0.15, -0.1) is 0 Å². The van der Waals surface area contributed by atoms with Gasteiger partial charge < -0.3 is 5.32 Å². The smallest absolute Gasteiger partial charge is 0.243 e. The molecule has 0 aromatic heterocycles. The molecule has 1 amide bonds. The Bertz CT molecular complexity index is 1270. The largest absolute Gasteiger partial charge is 0.325 e. The Kier molecular flexibility index (Phi) is 7.77. The van der Waals surface area contributed by atoms with Crippen molar-refractivity contribution in [2.24, 2.45) is 0 Å². The normalized spacial score (nSPS) is 11.2. The van der Waals surface area contributed by atoms with E-state index in [2.05, 4.69) is 5.32 Å². The summed E-state index contributed by atoms with van der Waals surface area (Å²) in [6.07, 6.45) is 0. The predicted molar refractivity (Wildman–Crippen MR) is 125 cm³/mol. The van der Waals surface area contributed by atoms with Crippen LogP contribution in [0.15, 0.2) is 71.6 Å². The van der Waals surface area contributed by atoms with Crippen molar-refractivity contribution < 1.29 is 13.2 Å². The van der Waals surface area contributed by atoms with Gasteiger partial charge in [-0.2, -0.15) is 9.57 Å². The monoisotopic (exact) mass is 507 g/mol. The summed E-state index contributed by atoms with van der Waals surface area (Å²) in [5.41, 5.74) is 1.10. The maximum absolute atomic E-state index is 13.3. The average molecular weight is 509 g/mol. The lowest BCUT2D eigenvalue weighted by Crippen LogP contribution is -2.37. The maximum Gasteiger partial charge on any atom is 0.243 e. The number of carbonyl (C=O) groups is 1. The molecule has 3 aromatic rings. The van der Waals surface area contributed by atoms with E-state index in [9.17, 15) is 13.2 Å². The standard InChI is InChI=1S/C22H16Cl3N3O3S/c23-16-7-9-18(10-8-16)32(30,31)28(13-19-20(24)5-2-6-21(19)25)14-22(29)27-17-4-1-3-15(11-17)12-26/h1-11H,13-14H2,(H,27,29). The molecular weight excluding hydrogens is 493 g/mol. The van der Waals surface area contributed by atoms with Crippen LogP contribution in [0.3, 0.4) is 0 Å². The first-order valence-corrected chi connectivity index (χ1v) is 11.8. The second kappa shape index (κ2) is 10.3. The molecule has 1 N–H and O–H groups in total. The molecule has 3 aromatic carbocycles. The molecule has 0 aliphatic rings. The van der Waals surface area contributed by atoms with Gasteiger partial charge in [-0.25, -0.2) is 8.42 Å². The number of hydrogen-bond acceptors (Lipinski definition) is 4. The van der Waals surface area contributed by atoms with Crippen molar-refractivity contribution >= 4 is 56.4 Å². The molecule has 32 heavy (non-hydrogen) atoms. The summed E-state index contributed by atoms with van der Waals surface area (Å²) in [7, 11) is -4.11. The number of benzene rings is 3. The Morgan fingerprint density at radius 2 is 1.59 bits per heavy atom. The Balaban J connectivity index is 1.93. The molecule has 0 saturated heterocycles. The van der Waals surface area contributed by atoms with Gasteiger partial charge in [-0.05, 0) is 54.6 Å². The van der Waals surface area contributed by atoms with Crippen molar-refractivity contribution in [3.63, 3.8) is 0 Å². The van der Waals surface area contributed by atoms with Crippen LogP contribution in [0.25, 0.3) is 0 Å². The van der Waals surface area contributed by atoms with Gasteiger partial charge in [0.2, 0.25) is 15.9 Å². The summed E-state index contributed by atoms with van der Waals surface area (Å²) < 4.78 is 27.6. The first-order valence-electron chi connectivity index (χ1n) is 9.19. The van der Waals surface area contributed by atoms with Gasteiger partial charge in [-0.3, -0.25) is 4.79 Å². The molecule has 0 bridgehead atoms. The number of hydrogen-bond donors (Lipinski definition) is 1. The Labute approximate surface area is 201 Å². The third-order valence-corrected chi connectivity index (χ3v) is 7.21. The lowest BCUT2D eigenvalue weighted by molar-refractivity contribution is -0.116. The van der Waals surface area contributed by atoms with Crippen LogP contribution in [0.5, 0.6) is 0 Å². The van der Waals surface area contributed by atoms with Gasteiger partial charge in [0, 0.05) is 32.9 Å². The molecule has 3 rings (SSSR count). The average Bonchev–Trinajstić information content (AvgIpc) is 2.76. The van der Waals surface area contributed by atoms with Crippen LogP contribution < -0.4 is 5.32 Å². The van der Waals surface area contributed by atoms with E-state index >= 15 is 0 Å². The molecule has 164 valence electrons. The molecule has 0 atom stereocenters. The van der Waals surface area contributed by atoms with Gasteiger partial charge in [0.05, 0.1) is 23.1 Å². The van der Waals surface area contributed by atoms with Crippen LogP contribution in [-0.4, -0.2) is 25.2 Å². The SMILES string of the molecule is N#Cc1cccc(NC(=O)CN(Cc2c(Cl)cccc2Cl)S(=O)(=O)c2ccc(Cl)cc2)c1. The van der Waals surface area contributed by atoms with Gasteiger partial charge in [0.15, 0.2) is 0 Å². The molecule has 0 heterocycles. The van der Waals surface area contributed by atoms with Crippen molar-refractivity contribution in [2.45, 2.75) is 11.4 Å². The van der Waals surface area contributed by atoms with E-state index in [4.69, 9.17) is 40.1 Å². The minimum absolute atomic E-state index is 0.0376. The minimum atomic E-state index is -4.11. The highest BCUT2D eigenvalue weighted by atomic mass is 35.5. The summed E-state index contributed by atoms with van der Waals surface area (Å²) in [5.74, 6) is -0.596. The van der Waals surface area contributed by atoms with Gasteiger partial charge in [-0.1, -0.05) is 46.9 Å². The van der Waals surface area contributed by atoms with Crippen molar-refractivity contribution in [3.05, 3.63) is 92.9 Å². The van der Waals surface area contributed by atoms with E-state index < -0.39 is 22.5 Å². The summed E-state index contributed by atoms with van der Waals surface area (Å²) in [5, 5.41) is 12.6. The lowest BCUT2D eigenvalue weighted by Gasteiger charge is -2.23. The summed E-state index contributed by atoms with van der Waals surface area (Å²) in [4.78, 5) is 12.7. The Hall–Kier alpha value is -2.60. The molecule has 0 spiro atoms. The van der Waals surface area contributed by atoms with Crippen LogP contribution in [0.1, 0.15) is 11.1 Å². The van der Waals surface area contributed by atoms with Crippen molar-refractivity contribution in [1.82, 2.24) is 4.31 Å². The fourth-order valence-corrected chi connectivity index (χ4v) is 4.88. The first kappa shape index (κ1) is 24.1. The maximum atomic E-state index is 13.3. The molecule has 0 aliphatic carbocycles. The zero-order valence-corrected chi connectivity index (χ0v) is 19.5. The molecule has 0 fully saturated rings. The third kappa shape index (κ3) is 5.80. The highest BCUT2D eigenvalue weighted by molar-refractivity contribution is 7.89. The topological polar surface area (TPSA) is 90.3 Å². The van der Waals surface area contributed by atoms with Crippen LogP contribution >= 0.6 is 34.8 Å². The van der Waals surface area contributed by atoms with E-state index in [0.717, 1.165) is 4.31 Å². The fraction of sp³-hybridized carbons (Fsp3) is 0.0909. The number of halogens is 3. The van der Waals surface area contributed by atoms with Crippen LogP contribution in [0, 0.1) is 11.3 Å². The first-order chi connectivity index (χ1) is 15.2. The molecule has 6 nitrogen and oxygen atoms in total. The van der Waals surface area contributed by atoms with E-state index in [1.165, 1.54) is 30.3 Å². The molecule has 0 aliphatic heterocycles. The molecule has 0 unspecified atom stereocenters. The number of anilines is 1. The molecule has 0 radical (unpaired) electrons. The Morgan fingerprint density at radius 3 is 2.22 bits per heavy atom. The predicted octanol–water partition coefficient (Wildman–Crippen LogP) is 5.35. The lowest BCUT2D eigenvalue weighted by atomic mass is 10.2. The van der Waals surface area contributed by atoms with Gasteiger partial charge >= 0.3 is 0 Å². The molecule has 10 heteroatoms. The number of nitrogens with zero attached hydrogens (tertiary/aromatic N) is 2. The summed E-state index contributed by atoms with van der Waals surface area (Å²) in [6, 6.07) is 18.7. The van der Waals surface area contributed by atoms with Gasteiger partial charge in [0.1, 0.15) is 0 Å². The van der Waals surface area contributed by atoms with Crippen LogP contribution in [0.4, 0.5) is 5.69 Å². The van der Waals surface area contributed by atoms with Crippen molar-refractivity contribution in [3.8, 4) is 6.07 Å². The highest BCUT2D eigenvalue weighted by Gasteiger charge is 2.28. The highest BCUT2D eigenvalue weighted by Crippen LogP contribution is 2.28.